The molecule has 1 aromatic heterocycles. The number of imidazole rings is 1. The number of fused-ring (bicyclic) bond motifs is 1. The van der Waals surface area contributed by atoms with E-state index in [0.717, 1.165) is 32.6 Å². The first-order valence-corrected chi connectivity index (χ1v) is 8.35. The molecular formula is C18H17BrN4O. The number of carbonyl (C=O) groups excluding carboxylic acids is 1. The first kappa shape index (κ1) is 16.4. The van der Waals surface area contributed by atoms with Gasteiger partial charge in [-0.15, -0.1) is 0 Å². The van der Waals surface area contributed by atoms with E-state index in [4.69, 9.17) is 0 Å². The van der Waals surface area contributed by atoms with Crippen molar-refractivity contribution < 1.29 is 4.79 Å². The highest BCUT2D eigenvalue weighted by atomic mass is 79.9. The first-order valence-electron chi connectivity index (χ1n) is 7.55. The second-order valence-electron chi connectivity index (χ2n) is 5.48. The lowest BCUT2D eigenvalue weighted by Gasteiger charge is -2.07. The van der Waals surface area contributed by atoms with Crippen molar-refractivity contribution in [3.05, 3.63) is 64.4 Å². The molecule has 0 unspecified atom stereocenters. The van der Waals surface area contributed by atoms with Gasteiger partial charge >= 0.3 is 0 Å². The van der Waals surface area contributed by atoms with E-state index in [2.05, 4.69) is 31.4 Å². The topological polar surface area (TPSA) is 59.3 Å². The highest BCUT2D eigenvalue weighted by molar-refractivity contribution is 9.10. The number of para-hydroxylation sites is 2. The number of aryl methyl sites for hydroxylation is 1. The number of rotatable bonds is 4. The quantitative estimate of drug-likeness (QED) is 0.551. The average molecular weight is 385 g/mol. The summed E-state index contributed by atoms with van der Waals surface area (Å²) in [5.41, 5.74) is 6.14. The molecule has 0 aliphatic carbocycles. The second kappa shape index (κ2) is 6.97. The molecule has 3 rings (SSSR count). The van der Waals surface area contributed by atoms with E-state index in [0.29, 0.717) is 0 Å². The van der Waals surface area contributed by atoms with Gasteiger partial charge in [-0.3, -0.25) is 4.79 Å². The van der Waals surface area contributed by atoms with Crippen LogP contribution in [0.25, 0.3) is 11.0 Å². The summed E-state index contributed by atoms with van der Waals surface area (Å²) in [5, 5.41) is 4.19. The summed E-state index contributed by atoms with van der Waals surface area (Å²) in [4.78, 5) is 16.7. The lowest BCUT2D eigenvalue weighted by molar-refractivity contribution is -0.121. The summed E-state index contributed by atoms with van der Waals surface area (Å²) in [6.45, 7) is 3.94. The Labute approximate surface area is 148 Å². The number of hydrogen-bond donors (Lipinski definition) is 1. The molecule has 0 saturated carbocycles. The van der Waals surface area contributed by atoms with Gasteiger partial charge in [-0.2, -0.15) is 5.10 Å². The molecule has 0 spiro atoms. The Hall–Kier alpha value is -2.47. The fourth-order valence-electron chi connectivity index (χ4n) is 2.50. The van der Waals surface area contributed by atoms with Crippen LogP contribution in [0.5, 0.6) is 0 Å². The molecule has 0 atom stereocenters. The zero-order chi connectivity index (χ0) is 17.1. The summed E-state index contributed by atoms with van der Waals surface area (Å²) >= 11 is 3.43. The minimum absolute atomic E-state index is 0.182. The Balaban J connectivity index is 1.73. The molecule has 24 heavy (non-hydrogen) atoms. The van der Waals surface area contributed by atoms with Crippen LogP contribution in [0.2, 0.25) is 0 Å². The molecular weight excluding hydrogens is 368 g/mol. The molecule has 2 aromatic carbocycles. The number of aromatic nitrogens is 2. The van der Waals surface area contributed by atoms with E-state index in [1.54, 1.807) is 0 Å². The van der Waals surface area contributed by atoms with E-state index in [-0.39, 0.29) is 12.5 Å². The third kappa shape index (κ3) is 3.54. The van der Waals surface area contributed by atoms with Gasteiger partial charge in [-0.1, -0.05) is 40.2 Å². The van der Waals surface area contributed by atoms with Crippen molar-refractivity contribution in [2.75, 3.05) is 0 Å². The Morgan fingerprint density at radius 1 is 1.25 bits per heavy atom. The van der Waals surface area contributed by atoms with E-state index in [9.17, 15) is 4.79 Å². The summed E-state index contributed by atoms with van der Waals surface area (Å²) < 4.78 is 2.86. The lowest BCUT2D eigenvalue weighted by Crippen LogP contribution is -2.24. The molecule has 5 nitrogen and oxygen atoms in total. The smallest absolute Gasteiger partial charge is 0.260 e. The van der Waals surface area contributed by atoms with E-state index in [1.165, 1.54) is 0 Å². The van der Waals surface area contributed by atoms with Crippen LogP contribution in [0.3, 0.4) is 0 Å². The predicted octanol–water partition coefficient (Wildman–Crippen LogP) is 3.65. The highest BCUT2D eigenvalue weighted by Gasteiger charge is 2.10. The van der Waals surface area contributed by atoms with Crippen LogP contribution in [0.4, 0.5) is 0 Å². The molecule has 1 amide bonds. The predicted molar refractivity (Wildman–Crippen MR) is 99.0 cm³/mol. The Morgan fingerprint density at radius 3 is 2.83 bits per heavy atom. The molecule has 122 valence electrons. The van der Waals surface area contributed by atoms with Crippen molar-refractivity contribution in [1.82, 2.24) is 15.0 Å². The molecule has 6 heteroatoms. The number of nitrogens with zero attached hydrogens (tertiary/aromatic N) is 3. The van der Waals surface area contributed by atoms with Crippen molar-refractivity contribution in [3.8, 4) is 0 Å². The van der Waals surface area contributed by atoms with Crippen LogP contribution in [-0.2, 0) is 11.3 Å². The van der Waals surface area contributed by atoms with Crippen molar-refractivity contribution in [2.45, 2.75) is 20.4 Å². The normalized spacial score (nSPS) is 11.7. The Morgan fingerprint density at radius 2 is 2.04 bits per heavy atom. The number of halogens is 1. The van der Waals surface area contributed by atoms with Crippen molar-refractivity contribution in [1.29, 1.82) is 0 Å². The highest BCUT2D eigenvalue weighted by Crippen LogP contribution is 2.15. The van der Waals surface area contributed by atoms with Gasteiger partial charge in [0, 0.05) is 4.47 Å². The zero-order valence-electron chi connectivity index (χ0n) is 13.5. The van der Waals surface area contributed by atoms with Crippen molar-refractivity contribution >= 4 is 38.6 Å². The van der Waals surface area contributed by atoms with Gasteiger partial charge in [-0.25, -0.2) is 10.4 Å². The van der Waals surface area contributed by atoms with Gasteiger partial charge in [-0.05, 0) is 43.7 Å². The van der Waals surface area contributed by atoms with Crippen LogP contribution in [0.1, 0.15) is 18.3 Å². The van der Waals surface area contributed by atoms with Gasteiger partial charge in [0.05, 0.1) is 16.7 Å². The van der Waals surface area contributed by atoms with Crippen LogP contribution in [0, 0.1) is 6.92 Å². The van der Waals surface area contributed by atoms with Gasteiger partial charge in [0.15, 0.2) is 0 Å². The SMILES string of the molecule is CC(=NNC(=O)Cn1c(C)nc2ccccc21)c1cccc(Br)c1. The average Bonchev–Trinajstić information content (AvgIpc) is 2.88. The molecule has 1 N–H and O–H groups in total. The standard InChI is InChI=1S/C18H17BrN4O/c1-12(14-6-5-7-15(19)10-14)21-22-18(24)11-23-13(2)20-16-8-3-4-9-17(16)23/h3-10H,11H2,1-2H3,(H,22,24). The monoisotopic (exact) mass is 384 g/mol. The number of hydrogen-bond acceptors (Lipinski definition) is 3. The zero-order valence-corrected chi connectivity index (χ0v) is 15.0. The van der Waals surface area contributed by atoms with Gasteiger partial charge in [0.25, 0.3) is 5.91 Å². The van der Waals surface area contributed by atoms with Crippen LogP contribution >= 0.6 is 15.9 Å². The number of benzene rings is 2. The molecule has 0 bridgehead atoms. The summed E-state index contributed by atoms with van der Waals surface area (Å²) in [6.07, 6.45) is 0. The fraction of sp³-hybridized carbons (Fsp3) is 0.167. The van der Waals surface area contributed by atoms with E-state index in [1.807, 2.05) is 66.9 Å². The Kier molecular flexibility index (Phi) is 4.76. The molecule has 3 aromatic rings. The van der Waals surface area contributed by atoms with Gasteiger partial charge < -0.3 is 4.57 Å². The van der Waals surface area contributed by atoms with Crippen molar-refractivity contribution in [2.24, 2.45) is 5.10 Å². The molecule has 0 fully saturated rings. The first-order chi connectivity index (χ1) is 11.5. The van der Waals surface area contributed by atoms with Gasteiger partial charge in [0.1, 0.15) is 12.4 Å². The second-order valence-corrected chi connectivity index (χ2v) is 6.39. The van der Waals surface area contributed by atoms with Gasteiger partial charge in [0.2, 0.25) is 0 Å². The van der Waals surface area contributed by atoms with Crippen molar-refractivity contribution in [3.63, 3.8) is 0 Å². The van der Waals surface area contributed by atoms with Crippen LogP contribution in [0.15, 0.2) is 58.1 Å². The molecule has 0 saturated heterocycles. The third-order valence-electron chi connectivity index (χ3n) is 3.74. The summed E-state index contributed by atoms with van der Waals surface area (Å²) in [5.74, 6) is 0.620. The molecule has 1 heterocycles. The summed E-state index contributed by atoms with van der Waals surface area (Å²) in [6, 6.07) is 15.6. The number of carbonyl (C=O) groups is 1. The number of nitrogens with one attached hydrogen (secondary N) is 1. The fourth-order valence-corrected chi connectivity index (χ4v) is 2.90. The number of hydrazone groups is 1. The lowest BCUT2D eigenvalue weighted by atomic mass is 10.1. The minimum atomic E-state index is -0.185. The maximum Gasteiger partial charge on any atom is 0.260 e. The maximum atomic E-state index is 12.2. The molecule has 0 aliphatic rings. The largest absolute Gasteiger partial charge is 0.319 e. The third-order valence-corrected chi connectivity index (χ3v) is 4.23. The summed E-state index contributed by atoms with van der Waals surface area (Å²) in [7, 11) is 0. The van der Waals surface area contributed by atoms with Crippen LogP contribution < -0.4 is 5.43 Å². The van der Waals surface area contributed by atoms with E-state index < -0.39 is 0 Å². The minimum Gasteiger partial charge on any atom is -0.319 e. The molecule has 0 aliphatic heterocycles. The number of amides is 1. The maximum absolute atomic E-state index is 12.2. The Bertz CT molecular complexity index is 930. The van der Waals surface area contributed by atoms with Crippen LogP contribution in [-0.4, -0.2) is 21.2 Å². The van der Waals surface area contributed by atoms with E-state index >= 15 is 0 Å². The molecule has 0 radical (unpaired) electrons.